The van der Waals surface area contributed by atoms with Crippen LogP contribution in [-0.2, 0) is 19.4 Å². The fourth-order valence-corrected chi connectivity index (χ4v) is 4.35. The minimum Gasteiger partial charge on any atom is -0.366 e. The van der Waals surface area contributed by atoms with Crippen LogP contribution in [0.5, 0.6) is 0 Å². The summed E-state index contributed by atoms with van der Waals surface area (Å²) in [6.07, 6.45) is 1.71. The van der Waals surface area contributed by atoms with Crippen LogP contribution in [-0.4, -0.2) is 43.5 Å². The van der Waals surface area contributed by atoms with Gasteiger partial charge in [0.1, 0.15) is 0 Å². The minimum atomic E-state index is -3.18. The summed E-state index contributed by atoms with van der Waals surface area (Å²) in [5.74, 6) is -1.01. The molecule has 0 radical (unpaired) electrons. The van der Waals surface area contributed by atoms with Crippen molar-refractivity contribution in [2.45, 2.75) is 5.60 Å². The van der Waals surface area contributed by atoms with Crippen LogP contribution in [0.15, 0.2) is 48.7 Å². The number of methoxy groups -OCH3 is 1. The zero-order chi connectivity index (χ0) is 16.5. The zero-order valence-corrected chi connectivity index (χ0v) is 13.3. The van der Waals surface area contributed by atoms with Gasteiger partial charge in [0.15, 0.2) is 15.4 Å². The lowest BCUT2D eigenvalue weighted by Gasteiger charge is -2.37. The first-order valence-corrected chi connectivity index (χ1v) is 8.85. The van der Waals surface area contributed by atoms with E-state index in [2.05, 4.69) is 10.3 Å². The summed E-state index contributed by atoms with van der Waals surface area (Å²) in [6, 6.07) is 12.8. The van der Waals surface area contributed by atoms with Gasteiger partial charge in [-0.2, -0.15) is 0 Å². The maximum Gasteiger partial charge on any atom is 0.258 e. The van der Waals surface area contributed by atoms with Crippen LogP contribution in [0.1, 0.15) is 0 Å². The number of nitrogens with zero attached hydrogens (tertiary/aromatic N) is 1. The molecule has 1 amide bonds. The molecular weight excluding hydrogens is 316 g/mol. The fraction of sp³-hybridized carbons (Fsp3) is 0.250. The van der Waals surface area contributed by atoms with Crippen LogP contribution in [0.3, 0.4) is 0 Å². The number of rotatable bonds is 4. The highest BCUT2D eigenvalue weighted by Gasteiger charge is 2.54. The van der Waals surface area contributed by atoms with Crippen molar-refractivity contribution in [2.24, 2.45) is 0 Å². The molecule has 0 atom stereocenters. The van der Waals surface area contributed by atoms with Crippen molar-refractivity contribution in [2.75, 3.05) is 23.9 Å². The number of nitrogens with one attached hydrogen (secondary N) is 1. The molecule has 2 heterocycles. The number of benzene rings is 1. The molecule has 1 N–H and O–H groups in total. The highest BCUT2D eigenvalue weighted by atomic mass is 32.2. The van der Waals surface area contributed by atoms with Crippen LogP contribution >= 0.6 is 0 Å². The second-order valence-corrected chi connectivity index (χ2v) is 7.54. The van der Waals surface area contributed by atoms with Crippen LogP contribution in [0, 0.1) is 0 Å². The molecule has 0 unspecified atom stereocenters. The molecule has 120 valence electrons. The summed E-state index contributed by atoms with van der Waals surface area (Å²) in [5.41, 5.74) is 1.06. The first-order chi connectivity index (χ1) is 10.9. The topological polar surface area (TPSA) is 85.4 Å². The molecule has 1 aliphatic heterocycles. The molecule has 0 spiro atoms. The molecule has 1 saturated heterocycles. The van der Waals surface area contributed by atoms with Crippen LogP contribution in [0.25, 0.3) is 11.3 Å². The van der Waals surface area contributed by atoms with Gasteiger partial charge < -0.3 is 10.1 Å². The molecule has 1 aromatic carbocycles. The maximum absolute atomic E-state index is 12.3. The Morgan fingerprint density at radius 2 is 1.87 bits per heavy atom. The van der Waals surface area contributed by atoms with Gasteiger partial charge >= 0.3 is 0 Å². The third-order valence-electron chi connectivity index (χ3n) is 3.81. The Labute approximate surface area is 134 Å². The molecule has 6 nitrogen and oxygen atoms in total. The zero-order valence-electron chi connectivity index (χ0n) is 12.5. The SMILES string of the molecule is COC1(C(=O)Nc2ccc(-c3ccccn3)cc2)CS(=O)(=O)C1. The molecule has 23 heavy (non-hydrogen) atoms. The molecule has 0 bridgehead atoms. The first kappa shape index (κ1) is 15.6. The van der Waals surface area contributed by atoms with E-state index in [0.29, 0.717) is 5.69 Å². The Morgan fingerprint density at radius 1 is 1.17 bits per heavy atom. The number of anilines is 1. The van der Waals surface area contributed by atoms with Gasteiger partial charge in [0, 0.05) is 24.6 Å². The molecule has 1 fully saturated rings. The molecule has 7 heteroatoms. The van der Waals surface area contributed by atoms with E-state index >= 15 is 0 Å². The Morgan fingerprint density at radius 3 is 2.39 bits per heavy atom. The molecule has 1 aliphatic rings. The highest BCUT2D eigenvalue weighted by molar-refractivity contribution is 7.93. The largest absolute Gasteiger partial charge is 0.366 e. The Bertz CT molecular complexity index is 805. The number of sulfone groups is 1. The summed E-state index contributed by atoms with van der Waals surface area (Å²) in [4.78, 5) is 16.5. The van der Waals surface area contributed by atoms with Crippen molar-refractivity contribution in [1.82, 2.24) is 4.98 Å². The lowest BCUT2D eigenvalue weighted by atomic mass is 10.1. The normalized spacial score (nSPS) is 18.0. The second kappa shape index (κ2) is 5.75. The number of ether oxygens (including phenoxy) is 1. The van der Waals surface area contributed by atoms with E-state index in [4.69, 9.17) is 4.74 Å². The summed E-state index contributed by atoms with van der Waals surface area (Å²) in [7, 11) is -1.83. The van der Waals surface area contributed by atoms with Crippen molar-refractivity contribution in [1.29, 1.82) is 0 Å². The number of hydrogen-bond donors (Lipinski definition) is 1. The van der Waals surface area contributed by atoms with Gasteiger partial charge in [-0.3, -0.25) is 9.78 Å². The van der Waals surface area contributed by atoms with E-state index < -0.39 is 21.3 Å². The van der Waals surface area contributed by atoms with Crippen molar-refractivity contribution >= 4 is 21.4 Å². The lowest BCUT2D eigenvalue weighted by molar-refractivity contribution is -0.134. The van der Waals surface area contributed by atoms with Gasteiger partial charge in [-0.1, -0.05) is 18.2 Å². The molecule has 3 rings (SSSR count). The van der Waals surface area contributed by atoms with Gasteiger partial charge in [-0.05, 0) is 24.3 Å². The average Bonchev–Trinajstić information content (AvgIpc) is 2.53. The van der Waals surface area contributed by atoms with E-state index in [1.165, 1.54) is 7.11 Å². The van der Waals surface area contributed by atoms with Crippen molar-refractivity contribution in [3.63, 3.8) is 0 Å². The first-order valence-electron chi connectivity index (χ1n) is 7.03. The lowest BCUT2D eigenvalue weighted by Crippen LogP contribution is -2.63. The van der Waals surface area contributed by atoms with Crippen LogP contribution in [0.4, 0.5) is 5.69 Å². The van der Waals surface area contributed by atoms with E-state index in [1.807, 2.05) is 30.3 Å². The average molecular weight is 332 g/mol. The Balaban J connectivity index is 1.73. The molecule has 2 aromatic rings. The molecule has 0 aliphatic carbocycles. The van der Waals surface area contributed by atoms with Gasteiger partial charge in [0.2, 0.25) is 0 Å². The van der Waals surface area contributed by atoms with Crippen LogP contribution in [0.2, 0.25) is 0 Å². The summed E-state index contributed by atoms with van der Waals surface area (Å²) >= 11 is 0. The monoisotopic (exact) mass is 332 g/mol. The quantitative estimate of drug-likeness (QED) is 0.917. The van der Waals surface area contributed by atoms with Crippen molar-refractivity contribution in [3.8, 4) is 11.3 Å². The molecule has 1 aromatic heterocycles. The van der Waals surface area contributed by atoms with E-state index in [1.54, 1.807) is 18.3 Å². The minimum absolute atomic E-state index is 0.283. The standard InChI is InChI=1S/C16H16N2O4S/c1-22-16(10-23(20,21)11-16)15(19)18-13-7-5-12(6-8-13)14-4-2-3-9-17-14/h2-9H,10-11H2,1H3,(H,18,19). The number of aromatic nitrogens is 1. The summed E-state index contributed by atoms with van der Waals surface area (Å²) in [6.45, 7) is 0. The van der Waals surface area contributed by atoms with Crippen molar-refractivity contribution < 1.29 is 17.9 Å². The number of pyridine rings is 1. The Kier molecular flexibility index (Phi) is 3.91. The predicted molar refractivity (Wildman–Crippen MR) is 86.7 cm³/mol. The fourth-order valence-electron chi connectivity index (χ4n) is 2.51. The van der Waals surface area contributed by atoms with Gasteiger partial charge in [-0.15, -0.1) is 0 Å². The number of hydrogen-bond acceptors (Lipinski definition) is 5. The number of carbonyl (C=O) groups excluding carboxylic acids is 1. The third kappa shape index (κ3) is 3.11. The Hall–Kier alpha value is -2.25. The van der Waals surface area contributed by atoms with Gasteiger partial charge in [-0.25, -0.2) is 8.42 Å². The predicted octanol–water partition coefficient (Wildman–Crippen LogP) is 1.50. The second-order valence-electron chi connectivity index (χ2n) is 5.48. The summed E-state index contributed by atoms with van der Waals surface area (Å²) in [5, 5.41) is 2.70. The van der Waals surface area contributed by atoms with E-state index in [0.717, 1.165) is 11.3 Å². The molecule has 0 saturated carbocycles. The maximum atomic E-state index is 12.3. The van der Waals surface area contributed by atoms with E-state index in [-0.39, 0.29) is 11.5 Å². The summed E-state index contributed by atoms with van der Waals surface area (Å²) < 4.78 is 27.8. The van der Waals surface area contributed by atoms with Gasteiger partial charge in [0.25, 0.3) is 5.91 Å². The van der Waals surface area contributed by atoms with Crippen LogP contribution < -0.4 is 5.32 Å². The highest BCUT2D eigenvalue weighted by Crippen LogP contribution is 2.29. The number of amides is 1. The molecular formula is C16H16N2O4S. The number of carbonyl (C=O) groups is 1. The van der Waals surface area contributed by atoms with Gasteiger partial charge in [0.05, 0.1) is 17.2 Å². The van der Waals surface area contributed by atoms with E-state index in [9.17, 15) is 13.2 Å². The van der Waals surface area contributed by atoms with Crippen molar-refractivity contribution in [3.05, 3.63) is 48.7 Å². The third-order valence-corrected chi connectivity index (χ3v) is 5.63. The smallest absolute Gasteiger partial charge is 0.258 e.